The lowest BCUT2D eigenvalue weighted by molar-refractivity contribution is 0.750. The average molecular weight is 348 g/mol. The minimum Gasteiger partial charge on any atom is -0.358 e. The molecule has 1 aliphatic rings. The van der Waals surface area contributed by atoms with Gasteiger partial charge in [-0.15, -0.1) is 0 Å². The summed E-state index contributed by atoms with van der Waals surface area (Å²) in [5.74, 6) is 0.546. The van der Waals surface area contributed by atoms with E-state index in [9.17, 15) is 0 Å². The van der Waals surface area contributed by atoms with Crippen LogP contribution in [0.2, 0.25) is 0 Å². The molecule has 27 heavy (non-hydrogen) atoms. The molecule has 0 aliphatic heterocycles. The molecule has 1 atom stereocenters. The first-order chi connectivity index (χ1) is 13.3. The SMILES string of the molecule is CC1CC=Cc2c1[nH]c1cc3c4ccccc4n(-c4ccccc4)c3cc21. The van der Waals surface area contributed by atoms with Crippen molar-refractivity contribution in [1.82, 2.24) is 9.55 Å². The number of nitrogens with one attached hydrogen (secondary N) is 1. The monoisotopic (exact) mass is 348 g/mol. The topological polar surface area (TPSA) is 20.7 Å². The van der Waals surface area contributed by atoms with Crippen LogP contribution in [0.1, 0.15) is 30.5 Å². The van der Waals surface area contributed by atoms with E-state index < -0.39 is 0 Å². The Labute approximate surface area is 157 Å². The highest BCUT2D eigenvalue weighted by Crippen LogP contribution is 2.39. The minimum absolute atomic E-state index is 0.546. The molecule has 1 aliphatic carbocycles. The Kier molecular flexibility index (Phi) is 2.96. The van der Waals surface area contributed by atoms with Crippen molar-refractivity contribution in [2.75, 3.05) is 0 Å². The molecule has 0 saturated heterocycles. The van der Waals surface area contributed by atoms with Gasteiger partial charge in [0.25, 0.3) is 0 Å². The van der Waals surface area contributed by atoms with Crippen LogP contribution in [0.4, 0.5) is 0 Å². The molecular weight excluding hydrogens is 328 g/mol. The molecule has 3 aromatic carbocycles. The van der Waals surface area contributed by atoms with Gasteiger partial charge in [-0.1, -0.05) is 55.5 Å². The second-order valence-corrected chi connectivity index (χ2v) is 7.59. The fraction of sp³-hybridized carbons (Fsp3) is 0.120. The van der Waals surface area contributed by atoms with E-state index in [2.05, 4.69) is 95.4 Å². The van der Waals surface area contributed by atoms with Crippen molar-refractivity contribution in [3.8, 4) is 5.69 Å². The van der Waals surface area contributed by atoms with E-state index >= 15 is 0 Å². The molecule has 0 fully saturated rings. The second-order valence-electron chi connectivity index (χ2n) is 7.59. The average Bonchev–Trinajstić information content (AvgIpc) is 3.23. The number of aromatic amines is 1. The zero-order valence-corrected chi connectivity index (χ0v) is 15.2. The van der Waals surface area contributed by atoms with E-state index in [4.69, 9.17) is 0 Å². The summed E-state index contributed by atoms with van der Waals surface area (Å²) >= 11 is 0. The Bertz CT molecular complexity index is 1350. The van der Waals surface area contributed by atoms with E-state index in [0.717, 1.165) is 6.42 Å². The summed E-state index contributed by atoms with van der Waals surface area (Å²) in [5, 5.41) is 3.92. The Hall–Kier alpha value is -3.26. The van der Waals surface area contributed by atoms with Gasteiger partial charge in [0.05, 0.1) is 11.0 Å². The van der Waals surface area contributed by atoms with Crippen LogP contribution in [0.3, 0.4) is 0 Å². The van der Waals surface area contributed by atoms with E-state index in [1.807, 2.05) is 0 Å². The molecule has 0 spiro atoms. The summed E-state index contributed by atoms with van der Waals surface area (Å²) < 4.78 is 2.39. The van der Waals surface area contributed by atoms with Crippen LogP contribution in [-0.4, -0.2) is 9.55 Å². The lowest BCUT2D eigenvalue weighted by Crippen LogP contribution is -1.98. The number of aromatic nitrogens is 2. The maximum absolute atomic E-state index is 3.71. The fourth-order valence-electron chi connectivity index (χ4n) is 4.63. The quantitative estimate of drug-likeness (QED) is 0.344. The first kappa shape index (κ1) is 14.9. The van der Waals surface area contributed by atoms with E-state index in [-0.39, 0.29) is 0 Å². The number of hydrogen-bond donors (Lipinski definition) is 1. The fourth-order valence-corrected chi connectivity index (χ4v) is 4.63. The summed E-state index contributed by atoms with van der Waals surface area (Å²) in [6, 6.07) is 24.1. The van der Waals surface area contributed by atoms with Crippen molar-refractivity contribution in [3.05, 3.63) is 84.1 Å². The molecular formula is C25H20N2. The standard InChI is InChI=1S/C25H20N2/c1-16-8-7-12-19-20-15-24-21(14-22(20)26-25(16)19)18-11-5-6-13-23(18)27(24)17-9-3-2-4-10-17/h2-7,9-16,26H,8H2,1H3. The maximum atomic E-state index is 3.71. The van der Waals surface area contributed by atoms with Crippen molar-refractivity contribution >= 4 is 38.8 Å². The predicted octanol–water partition coefficient (Wildman–Crippen LogP) is 6.79. The van der Waals surface area contributed by atoms with Crippen LogP contribution in [-0.2, 0) is 0 Å². The number of para-hydroxylation sites is 2. The van der Waals surface area contributed by atoms with E-state index in [1.165, 1.54) is 49.7 Å². The lowest BCUT2D eigenvalue weighted by atomic mass is 9.93. The maximum Gasteiger partial charge on any atom is 0.0548 e. The van der Waals surface area contributed by atoms with Gasteiger partial charge in [0.15, 0.2) is 0 Å². The molecule has 2 nitrogen and oxygen atoms in total. The van der Waals surface area contributed by atoms with Crippen molar-refractivity contribution in [3.63, 3.8) is 0 Å². The third-order valence-electron chi connectivity index (χ3n) is 5.94. The molecule has 0 bridgehead atoms. The molecule has 2 heterocycles. The number of hydrogen-bond acceptors (Lipinski definition) is 0. The highest BCUT2D eigenvalue weighted by molar-refractivity contribution is 6.14. The highest BCUT2D eigenvalue weighted by Gasteiger charge is 2.20. The molecule has 1 N–H and O–H groups in total. The van der Waals surface area contributed by atoms with Crippen molar-refractivity contribution in [1.29, 1.82) is 0 Å². The molecule has 0 radical (unpaired) electrons. The summed E-state index contributed by atoms with van der Waals surface area (Å²) in [4.78, 5) is 3.71. The normalized spacial score (nSPS) is 16.4. The number of allylic oxidation sites excluding steroid dienone is 1. The molecule has 0 saturated carbocycles. The van der Waals surface area contributed by atoms with Crippen LogP contribution in [0.25, 0.3) is 44.5 Å². The summed E-state index contributed by atoms with van der Waals surface area (Å²) in [5.41, 5.74) is 7.69. The molecule has 6 rings (SSSR count). The number of benzene rings is 3. The Morgan fingerprint density at radius 1 is 0.852 bits per heavy atom. The zero-order chi connectivity index (χ0) is 18.0. The first-order valence-corrected chi connectivity index (χ1v) is 9.62. The molecule has 2 heteroatoms. The van der Waals surface area contributed by atoms with Crippen LogP contribution >= 0.6 is 0 Å². The third kappa shape index (κ3) is 2.01. The number of nitrogens with zero attached hydrogens (tertiary/aromatic N) is 1. The molecule has 0 amide bonds. The second kappa shape index (κ2) is 5.37. The third-order valence-corrected chi connectivity index (χ3v) is 5.94. The molecule has 5 aromatic rings. The summed E-state index contributed by atoms with van der Waals surface area (Å²) in [7, 11) is 0. The van der Waals surface area contributed by atoms with Gasteiger partial charge in [0.2, 0.25) is 0 Å². The van der Waals surface area contributed by atoms with E-state index in [0.29, 0.717) is 5.92 Å². The van der Waals surface area contributed by atoms with Crippen LogP contribution < -0.4 is 0 Å². The van der Waals surface area contributed by atoms with E-state index in [1.54, 1.807) is 0 Å². The van der Waals surface area contributed by atoms with Gasteiger partial charge < -0.3 is 9.55 Å². The Balaban J connectivity index is 1.79. The Morgan fingerprint density at radius 2 is 1.67 bits per heavy atom. The summed E-state index contributed by atoms with van der Waals surface area (Å²) in [6.45, 7) is 2.30. The first-order valence-electron chi connectivity index (χ1n) is 9.62. The largest absolute Gasteiger partial charge is 0.358 e. The predicted molar refractivity (Wildman–Crippen MR) is 115 cm³/mol. The number of fused-ring (bicyclic) bond motifs is 6. The highest BCUT2D eigenvalue weighted by atomic mass is 15.0. The van der Waals surface area contributed by atoms with Gasteiger partial charge in [-0.25, -0.2) is 0 Å². The van der Waals surface area contributed by atoms with Crippen molar-refractivity contribution < 1.29 is 0 Å². The molecule has 130 valence electrons. The lowest BCUT2D eigenvalue weighted by Gasteiger charge is -2.13. The van der Waals surface area contributed by atoms with Crippen molar-refractivity contribution in [2.45, 2.75) is 19.3 Å². The van der Waals surface area contributed by atoms with Gasteiger partial charge in [-0.2, -0.15) is 0 Å². The number of rotatable bonds is 1. The smallest absolute Gasteiger partial charge is 0.0548 e. The van der Waals surface area contributed by atoms with Gasteiger partial charge in [0.1, 0.15) is 0 Å². The molecule has 1 unspecified atom stereocenters. The Morgan fingerprint density at radius 3 is 2.56 bits per heavy atom. The van der Waals surface area contributed by atoms with Gasteiger partial charge >= 0.3 is 0 Å². The minimum atomic E-state index is 0.546. The van der Waals surface area contributed by atoms with Crippen LogP contribution in [0.15, 0.2) is 72.8 Å². The molecule has 2 aromatic heterocycles. The van der Waals surface area contributed by atoms with Crippen molar-refractivity contribution in [2.24, 2.45) is 0 Å². The number of H-pyrrole nitrogens is 1. The van der Waals surface area contributed by atoms with Gasteiger partial charge in [-0.05, 0) is 36.8 Å². The summed E-state index contributed by atoms with van der Waals surface area (Å²) in [6.07, 6.45) is 5.70. The van der Waals surface area contributed by atoms with Crippen LogP contribution in [0.5, 0.6) is 0 Å². The van der Waals surface area contributed by atoms with Gasteiger partial charge in [-0.3, -0.25) is 0 Å². The van der Waals surface area contributed by atoms with Crippen LogP contribution in [0, 0.1) is 0 Å². The zero-order valence-electron chi connectivity index (χ0n) is 15.2. The van der Waals surface area contributed by atoms with Gasteiger partial charge in [0, 0.05) is 44.5 Å².